The van der Waals surface area contributed by atoms with Gasteiger partial charge in [-0.2, -0.15) is 11.8 Å². The Morgan fingerprint density at radius 1 is 1.64 bits per heavy atom. The van der Waals surface area contributed by atoms with Gasteiger partial charge in [-0.25, -0.2) is 4.98 Å². The van der Waals surface area contributed by atoms with E-state index in [-0.39, 0.29) is 5.54 Å². The molecule has 0 radical (unpaired) electrons. The monoisotopic (exact) mass is 186 g/mol. The molecule has 1 fully saturated rings. The lowest BCUT2D eigenvalue weighted by Gasteiger charge is -2.18. The second-order valence-corrected chi connectivity index (χ2v) is 4.80. The first-order valence-corrected chi connectivity index (χ1v) is 5.61. The van der Waals surface area contributed by atoms with Crippen LogP contribution < -0.4 is 5.73 Å². The molecule has 0 amide bonds. The lowest BCUT2D eigenvalue weighted by molar-refractivity contribution is 0.506. The Hall–Kier alpha value is -0.0600. The van der Waals surface area contributed by atoms with Gasteiger partial charge in [-0.05, 0) is 12.2 Å². The van der Waals surface area contributed by atoms with Crippen LogP contribution in [0, 0.1) is 0 Å². The van der Waals surface area contributed by atoms with Crippen molar-refractivity contribution in [1.82, 2.24) is 4.98 Å². The Morgan fingerprint density at radius 2 is 2.55 bits per heavy atom. The summed E-state index contributed by atoms with van der Waals surface area (Å²) < 4.78 is 0. The molecule has 0 saturated carbocycles. The molecule has 0 aliphatic carbocycles. The zero-order valence-electron chi connectivity index (χ0n) is 6.12. The van der Waals surface area contributed by atoms with Gasteiger partial charge in [-0.15, -0.1) is 11.3 Å². The topological polar surface area (TPSA) is 38.9 Å². The summed E-state index contributed by atoms with van der Waals surface area (Å²) in [5.41, 5.74) is 6.04. The minimum absolute atomic E-state index is 0.112. The van der Waals surface area contributed by atoms with Crippen LogP contribution >= 0.6 is 23.1 Å². The van der Waals surface area contributed by atoms with Crippen LogP contribution in [0.25, 0.3) is 0 Å². The number of nitrogens with zero attached hydrogens (tertiary/aromatic N) is 1. The van der Waals surface area contributed by atoms with Crippen molar-refractivity contribution in [2.45, 2.75) is 12.0 Å². The zero-order chi connectivity index (χ0) is 7.73. The largest absolute Gasteiger partial charge is 0.319 e. The molecule has 11 heavy (non-hydrogen) atoms. The van der Waals surface area contributed by atoms with E-state index < -0.39 is 0 Å². The molecule has 2 N–H and O–H groups in total. The second-order valence-electron chi connectivity index (χ2n) is 2.80. The zero-order valence-corrected chi connectivity index (χ0v) is 7.75. The van der Waals surface area contributed by atoms with E-state index >= 15 is 0 Å². The molecule has 2 rings (SSSR count). The molecule has 0 spiro atoms. The van der Waals surface area contributed by atoms with Crippen LogP contribution in [0.3, 0.4) is 0 Å². The van der Waals surface area contributed by atoms with Crippen LogP contribution in [-0.4, -0.2) is 16.5 Å². The summed E-state index contributed by atoms with van der Waals surface area (Å²) in [6.45, 7) is 0. The van der Waals surface area contributed by atoms with Crippen molar-refractivity contribution in [3.63, 3.8) is 0 Å². The van der Waals surface area contributed by atoms with Crippen molar-refractivity contribution in [3.05, 3.63) is 16.6 Å². The quantitative estimate of drug-likeness (QED) is 0.721. The minimum atomic E-state index is -0.112. The minimum Gasteiger partial charge on any atom is -0.319 e. The summed E-state index contributed by atoms with van der Waals surface area (Å²) in [6.07, 6.45) is 2.91. The maximum atomic E-state index is 6.15. The predicted molar refractivity (Wildman–Crippen MR) is 49.9 cm³/mol. The molecule has 2 heterocycles. The number of thiazole rings is 1. The van der Waals surface area contributed by atoms with E-state index in [4.69, 9.17) is 5.73 Å². The first-order valence-electron chi connectivity index (χ1n) is 3.58. The summed E-state index contributed by atoms with van der Waals surface area (Å²) in [5, 5.41) is 3.09. The number of hydrogen-bond donors (Lipinski definition) is 1. The van der Waals surface area contributed by atoms with E-state index in [1.807, 2.05) is 23.3 Å². The fourth-order valence-corrected chi connectivity index (χ4v) is 3.39. The maximum absolute atomic E-state index is 6.15. The molecule has 1 atom stereocenters. The van der Waals surface area contributed by atoms with E-state index in [0.717, 1.165) is 17.2 Å². The Morgan fingerprint density at radius 3 is 3.09 bits per heavy atom. The van der Waals surface area contributed by atoms with Crippen molar-refractivity contribution in [2.75, 3.05) is 11.5 Å². The van der Waals surface area contributed by atoms with Crippen molar-refractivity contribution < 1.29 is 0 Å². The average Bonchev–Trinajstić information content (AvgIpc) is 2.55. The Balaban J connectivity index is 2.27. The van der Waals surface area contributed by atoms with Crippen molar-refractivity contribution >= 4 is 23.1 Å². The lowest BCUT2D eigenvalue weighted by Crippen LogP contribution is -2.36. The van der Waals surface area contributed by atoms with Crippen LogP contribution in [0.5, 0.6) is 0 Å². The average molecular weight is 186 g/mol. The van der Waals surface area contributed by atoms with Gasteiger partial charge < -0.3 is 5.73 Å². The third kappa shape index (κ3) is 1.30. The number of hydrogen-bond acceptors (Lipinski definition) is 4. The Labute approximate surface area is 74.2 Å². The van der Waals surface area contributed by atoms with Gasteiger partial charge in [0.1, 0.15) is 5.01 Å². The molecule has 1 aliphatic rings. The predicted octanol–water partition coefficient (Wildman–Crippen LogP) is 1.43. The molecule has 4 heteroatoms. The van der Waals surface area contributed by atoms with E-state index in [0.29, 0.717) is 0 Å². The van der Waals surface area contributed by atoms with Crippen LogP contribution in [0.4, 0.5) is 0 Å². The molecule has 1 unspecified atom stereocenters. The van der Waals surface area contributed by atoms with Gasteiger partial charge in [-0.1, -0.05) is 0 Å². The molecule has 1 aromatic heterocycles. The summed E-state index contributed by atoms with van der Waals surface area (Å²) >= 11 is 3.59. The highest BCUT2D eigenvalue weighted by atomic mass is 32.2. The first-order chi connectivity index (χ1) is 5.31. The highest BCUT2D eigenvalue weighted by Crippen LogP contribution is 2.35. The van der Waals surface area contributed by atoms with E-state index in [9.17, 15) is 0 Å². The fourth-order valence-electron chi connectivity index (χ4n) is 1.22. The van der Waals surface area contributed by atoms with Gasteiger partial charge in [0.25, 0.3) is 0 Å². The van der Waals surface area contributed by atoms with Crippen molar-refractivity contribution in [3.8, 4) is 0 Å². The third-order valence-electron chi connectivity index (χ3n) is 1.91. The molecular formula is C7H10N2S2. The Kier molecular flexibility index (Phi) is 1.91. The number of thioether (sulfide) groups is 1. The van der Waals surface area contributed by atoms with Crippen LogP contribution in [0.2, 0.25) is 0 Å². The van der Waals surface area contributed by atoms with E-state index in [1.165, 1.54) is 5.75 Å². The van der Waals surface area contributed by atoms with Gasteiger partial charge in [0.2, 0.25) is 0 Å². The second kappa shape index (κ2) is 2.77. The van der Waals surface area contributed by atoms with Crippen molar-refractivity contribution in [2.24, 2.45) is 5.73 Å². The maximum Gasteiger partial charge on any atom is 0.113 e. The molecule has 60 valence electrons. The van der Waals surface area contributed by atoms with Gasteiger partial charge in [0, 0.05) is 17.3 Å². The summed E-state index contributed by atoms with van der Waals surface area (Å²) in [6, 6.07) is 0. The Bertz CT molecular complexity index is 227. The van der Waals surface area contributed by atoms with Crippen molar-refractivity contribution in [1.29, 1.82) is 0 Å². The van der Waals surface area contributed by atoms with E-state index in [2.05, 4.69) is 4.98 Å². The lowest BCUT2D eigenvalue weighted by atomic mass is 10.0. The molecule has 0 aromatic carbocycles. The van der Waals surface area contributed by atoms with Crippen LogP contribution in [0.15, 0.2) is 11.6 Å². The first kappa shape index (κ1) is 7.58. The number of rotatable bonds is 1. The molecule has 1 aliphatic heterocycles. The standard InChI is InChI=1S/C7H10N2S2/c8-7(1-3-10-5-7)6-9-2-4-11-6/h2,4H,1,3,5,8H2. The van der Waals surface area contributed by atoms with E-state index in [1.54, 1.807) is 11.3 Å². The molecule has 2 nitrogen and oxygen atoms in total. The number of nitrogens with two attached hydrogens (primary N) is 1. The summed E-state index contributed by atoms with van der Waals surface area (Å²) in [7, 11) is 0. The SMILES string of the molecule is NC1(c2nccs2)CCSC1. The number of aromatic nitrogens is 1. The molecule has 1 saturated heterocycles. The molecule has 1 aromatic rings. The van der Waals surface area contributed by atoms with Crippen LogP contribution in [-0.2, 0) is 5.54 Å². The smallest absolute Gasteiger partial charge is 0.113 e. The third-order valence-corrected chi connectivity index (χ3v) is 4.12. The molecular weight excluding hydrogens is 176 g/mol. The van der Waals surface area contributed by atoms with Gasteiger partial charge in [0.15, 0.2) is 0 Å². The van der Waals surface area contributed by atoms with Gasteiger partial charge in [-0.3, -0.25) is 0 Å². The normalized spacial score (nSPS) is 31.0. The van der Waals surface area contributed by atoms with Crippen LogP contribution in [0.1, 0.15) is 11.4 Å². The highest BCUT2D eigenvalue weighted by Gasteiger charge is 2.33. The summed E-state index contributed by atoms with van der Waals surface area (Å²) in [4.78, 5) is 4.25. The molecule has 0 bridgehead atoms. The summed E-state index contributed by atoms with van der Waals surface area (Å²) in [5.74, 6) is 2.20. The highest BCUT2D eigenvalue weighted by molar-refractivity contribution is 7.99. The van der Waals surface area contributed by atoms with Gasteiger partial charge in [0.05, 0.1) is 5.54 Å². The van der Waals surface area contributed by atoms with Gasteiger partial charge >= 0.3 is 0 Å². The fraction of sp³-hybridized carbons (Fsp3) is 0.571.